The number of benzene rings is 1. The molecule has 0 radical (unpaired) electrons. The molecule has 0 saturated carbocycles. The number of hydrogen-bond acceptors (Lipinski definition) is 5. The lowest BCUT2D eigenvalue weighted by atomic mass is 10.0. The van der Waals surface area contributed by atoms with E-state index in [1.165, 1.54) is 6.33 Å². The van der Waals surface area contributed by atoms with Gasteiger partial charge in [-0.3, -0.25) is 4.79 Å². The first-order chi connectivity index (χ1) is 12.9. The van der Waals surface area contributed by atoms with Crippen LogP contribution in [0.1, 0.15) is 36.7 Å². The van der Waals surface area contributed by atoms with Crippen LogP contribution in [0.3, 0.4) is 0 Å². The molecule has 0 bridgehead atoms. The lowest BCUT2D eigenvalue weighted by Crippen LogP contribution is -2.39. The number of amides is 2. The van der Waals surface area contributed by atoms with E-state index in [1.807, 2.05) is 42.8 Å². The van der Waals surface area contributed by atoms with Gasteiger partial charge in [0.15, 0.2) is 11.4 Å². The number of carbonyl (C=O) groups excluding carboxylic acids is 2. The third kappa shape index (κ3) is 3.05. The number of aromatic nitrogens is 3. The fourth-order valence-electron chi connectivity index (χ4n) is 3.80. The lowest BCUT2D eigenvalue weighted by molar-refractivity contribution is 0.0553. The van der Waals surface area contributed by atoms with Crippen molar-refractivity contribution in [3.05, 3.63) is 36.2 Å². The van der Waals surface area contributed by atoms with Crippen molar-refractivity contribution in [2.24, 2.45) is 0 Å². The van der Waals surface area contributed by atoms with Gasteiger partial charge in [0.2, 0.25) is 0 Å². The van der Waals surface area contributed by atoms with Gasteiger partial charge in [-0.25, -0.2) is 14.5 Å². The number of likely N-dealkylation sites (tertiary alicyclic amines) is 1. The van der Waals surface area contributed by atoms with E-state index in [0.29, 0.717) is 31.6 Å². The van der Waals surface area contributed by atoms with Crippen LogP contribution in [-0.2, 0) is 4.74 Å². The highest BCUT2D eigenvalue weighted by Gasteiger charge is 2.49. The van der Waals surface area contributed by atoms with E-state index in [1.54, 1.807) is 16.8 Å². The van der Waals surface area contributed by atoms with Crippen molar-refractivity contribution in [2.75, 3.05) is 26.7 Å². The summed E-state index contributed by atoms with van der Waals surface area (Å²) in [5, 5.41) is 4.25. The average Bonchev–Trinajstić information content (AvgIpc) is 3.34. The molecule has 0 aliphatic carbocycles. The number of hydrogen-bond donors (Lipinski definition) is 0. The maximum Gasteiger partial charge on any atom is 0.410 e. The number of carbonyl (C=O) groups is 2. The van der Waals surface area contributed by atoms with E-state index < -0.39 is 5.60 Å². The molecule has 2 amide bonds. The van der Waals surface area contributed by atoms with Crippen LogP contribution in [0.5, 0.6) is 0 Å². The molecule has 8 heteroatoms. The molecule has 3 heterocycles. The molecule has 1 spiro atoms. The molecule has 27 heavy (non-hydrogen) atoms. The summed E-state index contributed by atoms with van der Waals surface area (Å²) in [4.78, 5) is 32.2. The van der Waals surface area contributed by atoms with Crippen LogP contribution >= 0.6 is 0 Å². The van der Waals surface area contributed by atoms with E-state index >= 15 is 0 Å². The first-order valence-corrected chi connectivity index (χ1v) is 9.12. The summed E-state index contributed by atoms with van der Waals surface area (Å²) in [5.74, 6) is 0.736. The molecule has 1 aromatic carbocycles. The second kappa shape index (κ2) is 6.37. The molecule has 2 aliphatic heterocycles. The van der Waals surface area contributed by atoms with Gasteiger partial charge in [0.25, 0.3) is 5.91 Å². The summed E-state index contributed by atoms with van der Waals surface area (Å²) in [5.41, 5.74) is 0.973. The van der Waals surface area contributed by atoms with E-state index in [2.05, 4.69) is 10.1 Å². The van der Waals surface area contributed by atoms with Gasteiger partial charge in [-0.2, -0.15) is 5.10 Å². The molecule has 2 aliphatic rings. The molecular weight excluding hydrogens is 346 g/mol. The van der Waals surface area contributed by atoms with Gasteiger partial charge in [-0.1, -0.05) is 12.1 Å². The number of likely N-dealkylation sites (N-methyl/N-ethyl adjacent to an activating group) is 1. The normalized spacial score (nSPS) is 22.1. The number of rotatable bonds is 3. The van der Waals surface area contributed by atoms with Crippen molar-refractivity contribution < 1.29 is 14.3 Å². The summed E-state index contributed by atoms with van der Waals surface area (Å²) in [6, 6.07) is 7.62. The monoisotopic (exact) mass is 369 g/mol. The van der Waals surface area contributed by atoms with E-state index in [4.69, 9.17) is 4.74 Å². The second-order valence-electron chi connectivity index (χ2n) is 7.58. The van der Waals surface area contributed by atoms with Gasteiger partial charge in [-0.15, -0.1) is 0 Å². The van der Waals surface area contributed by atoms with Crippen molar-refractivity contribution in [3.8, 4) is 11.4 Å². The molecule has 1 unspecified atom stereocenters. The zero-order valence-electron chi connectivity index (χ0n) is 15.8. The van der Waals surface area contributed by atoms with Gasteiger partial charge in [0, 0.05) is 37.2 Å². The van der Waals surface area contributed by atoms with Crippen LogP contribution in [0, 0.1) is 0 Å². The van der Waals surface area contributed by atoms with E-state index in [-0.39, 0.29) is 18.0 Å². The summed E-state index contributed by atoms with van der Waals surface area (Å²) in [6.45, 7) is 5.65. The average molecular weight is 369 g/mol. The summed E-state index contributed by atoms with van der Waals surface area (Å²) >= 11 is 0. The fraction of sp³-hybridized carbons (Fsp3) is 0.474. The highest BCUT2D eigenvalue weighted by molar-refractivity contribution is 5.95. The largest absolute Gasteiger partial charge is 0.439 e. The Morgan fingerprint density at radius 3 is 2.59 bits per heavy atom. The van der Waals surface area contributed by atoms with Crippen molar-refractivity contribution in [3.63, 3.8) is 0 Å². The molecule has 0 N–H and O–H groups in total. The number of nitrogens with zero attached hydrogens (tertiary/aromatic N) is 5. The van der Waals surface area contributed by atoms with Gasteiger partial charge >= 0.3 is 6.09 Å². The number of ether oxygens (including phenoxy) is 1. The van der Waals surface area contributed by atoms with Crippen LogP contribution < -0.4 is 0 Å². The molecule has 142 valence electrons. The predicted molar refractivity (Wildman–Crippen MR) is 98.2 cm³/mol. The maximum atomic E-state index is 12.9. The minimum Gasteiger partial charge on any atom is -0.439 e. The van der Waals surface area contributed by atoms with Crippen LogP contribution in [0.25, 0.3) is 11.4 Å². The molecule has 2 saturated heterocycles. The Bertz CT molecular complexity index is 876. The standard InChI is InChI=1S/C19H23N5O3/c1-13(2)24-16(20-12-21-24)14-4-6-15(7-5-14)17(25)23-9-8-19(11-23)10-22(3)18(26)27-19/h4-7,12-13H,8-11H2,1-3H3. The smallest absolute Gasteiger partial charge is 0.410 e. The van der Waals surface area contributed by atoms with Gasteiger partial charge in [0.1, 0.15) is 6.33 Å². The molecule has 2 fully saturated rings. The molecular formula is C19H23N5O3. The Kier molecular flexibility index (Phi) is 4.13. The van der Waals surface area contributed by atoms with Crippen molar-refractivity contribution in [2.45, 2.75) is 31.9 Å². The molecule has 8 nitrogen and oxygen atoms in total. The summed E-state index contributed by atoms with van der Waals surface area (Å²) < 4.78 is 7.37. The fourth-order valence-corrected chi connectivity index (χ4v) is 3.80. The second-order valence-corrected chi connectivity index (χ2v) is 7.58. The molecule has 2 aromatic rings. The zero-order chi connectivity index (χ0) is 19.2. The molecule has 1 atom stereocenters. The van der Waals surface area contributed by atoms with Gasteiger partial charge in [0.05, 0.1) is 13.1 Å². The highest BCUT2D eigenvalue weighted by Crippen LogP contribution is 2.32. The first-order valence-electron chi connectivity index (χ1n) is 9.12. The van der Waals surface area contributed by atoms with E-state index in [0.717, 1.165) is 11.4 Å². The Balaban J connectivity index is 1.49. The quantitative estimate of drug-likeness (QED) is 0.828. The van der Waals surface area contributed by atoms with Gasteiger partial charge in [-0.05, 0) is 26.0 Å². The summed E-state index contributed by atoms with van der Waals surface area (Å²) in [7, 11) is 1.72. The van der Waals surface area contributed by atoms with Gasteiger partial charge < -0.3 is 14.5 Å². The predicted octanol–water partition coefficient (Wildman–Crippen LogP) is 2.19. The third-order valence-corrected chi connectivity index (χ3v) is 5.20. The minimum atomic E-state index is -0.560. The van der Waals surface area contributed by atoms with Crippen molar-refractivity contribution in [1.82, 2.24) is 24.6 Å². The van der Waals surface area contributed by atoms with Crippen LogP contribution in [0.2, 0.25) is 0 Å². The van der Waals surface area contributed by atoms with Crippen LogP contribution in [0.15, 0.2) is 30.6 Å². The molecule has 4 rings (SSSR count). The van der Waals surface area contributed by atoms with Crippen molar-refractivity contribution >= 4 is 12.0 Å². The third-order valence-electron chi connectivity index (χ3n) is 5.20. The Morgan fingerprint density at radius 2 is 1.96 bits per heavy atom. The highest BCUT2D eigenvalue weighted by atomic mass is 16.6. The zero-order valence-corrected chi connectivity index (χ0v) is 15.8. The van der Waals surface area contributed by atoms with Crippen LogP contribution in [0.4, 0.5) is 4.79 Å². The Labute approximate surface area is 157 Å². The van der Waals surface area contributed by atoms with Crippen LogP contribution in [-0.4, -0.2) is 68.8 Å². The lowest BCUT2D eigenvalue weighted by Gasteiger charge is -2.21. The Morgan fingerprint density at radius 1 is 1.22 bits per heavy atom. The SMILES string of the molecule is CC(C)n1ncnc1-c1ccc(C(=O)N2CCC3(CN(C)C(=O)O3)C2)cc1. The first kappa shape index (κ1) is 17.5. The van der Waals surface area contributed by atoms with Crippen molar-refractivity contribution in [1.29, 1.82) is 0 Å². The summed E-state index contributed by atoms with van der Waals surface area (Å²) in [6.07, 6.45) is 1.89. The van der Waals surface area contributed by atoms with E-state index in [9.17, 15) is 9.59 Å². The minimum absolute atomic E-state index is 0.0469. The topological polar surface area (TPSA) is 80.6 Å². The Hall–Kier alpha value is -2.90. The molecule has 1 aromatic heterocycles. The maximum absolute atomic E-state index is 12.9.